The van der Waals surface area contributed by atoms with Gasteiger partial charge in [-0.2, -0.15) is 11.8 Å². The van der Waals surface area contributed by atoms with Crippen LogP contribution in [0.4, 0.5) is 0 Å². The third-order valence-electron chi connectivity index (χ3n) is 3.08. The van der Waals surface area contributed by atoms with Crippen molar-refractivity contribution in [3.8, 4) is 0 Å². The van der Waals surface area contributed by atoms with E-state index in [2.05, 4.69) is 11.6 Å². The Labute approximate surface area is 91.9 Å². The first-order valence-electron chi connectivity index (χ1n) is 5.71. The molecule has 1 fully saturated rings. The molecule has 0 amide bonds. The summed E-state index contributed by atoms with van der Waals surface area (Å²) in [6, 6.07) is 0.579. The van der Waals surface area contributed by atoms with Crippen LogP contribution in [0.1, 0.15) is 32.1 Å². The van der Waals surface area contributed by atoms with E-state index >= 15 is 0 Å². The van der Waals surface area contributed by atoms with Crippen LogP contribution in [0.5, 0.6) is 0 Å². The zero-order chi connectivity index (χ0) is 10.2. The second-order valence-corrected chi connectivity index (χ2v) is 5.12. The molecule has 0 radical (unpaired) electrons. The van der Waals surface area contributed by atoms with E-state index in [9.17, 15) is 5.11 Å². The molecule has 0 bridgehead atoms. The molecule has 2 atom stereocenters. The van der Waals surface area contributed by atoms with Gasteiger partial charge in [-0.1, -0.05) is 12.8 Å². The van der Waals surface area contributed by atoms with Gasteiger partial charge in [0.2, 0.25) is 0 Å². The second-order valence-electron chi connectivity index (χ2n) is 4.13. The van der Waals surface area contributed by atoms with E-state index < -0.39 is 0 Å². The highest BCUT2D eigenvalue weighted by Gasteiger charge is 2.23. The molecule has 0 aromatic heterocycles. The Hall–Kier alpha value is 0.270. The molecule has 1 aliphatic rings. The Morgan fingerprint density at radius 1 is 1.36 bits per heavy atom. The Kier molecular flexibility index (Phi) is 6.65. The van der Waals surface area contributed by atoms with Crippen molar-refractivity contribution in [3.05, 3.63) is 0 Å². The number of aliphatic hydroxyl groups excluding tert-OH is 1. The minimum absolute atomic E-state index is 0.361. The minimum atomic E-state index is 0.361. The second kappa shape index (κ2) is 7.55. The summed E-state index contributed by atoms with van der Waals surface area (Å²) in [7, 11) is 0. The van der Waals surface area contributed by atoms with E-state index in [0.717, 1.165) is 6.54 Å². The molecule has 0 heterocycles. The Morgan fingerprint density at radius 2 is 2.14 bits per heavy atom. The van der Waals surface area contributed by atoms with Gasteiger partial charge in [0.15, 0.2) is 0 Å². The molecule has 1 rings (SSSR count). The molecule has 0 spiro atoms. The van der Waals surface area contributed by atoms with Crippen molar-refractivity contribution in [2.45, 2.75) is 38.1 Å². The van der Waals surface area contributed by atoms with Crippen molar-refractivity contribution in [1.29, 1.82) is 0 Å². The highest BCUT2D eigenvalue weighted by Crippen LogP contribution is 2.23. The van der Waals surface area contributed by atoms with Gasteiger partial charge in [0.05, 0.1) is 0 Å². The monoisotopic (exact) mass is 217 g/mol. The first-order chi connectivity index (χ1) is 6.88. The molecule has 0 aromatic rings. The lowest BCUT2D eigenvalue weighted by Gasteiger charge is -2.31. The van der Waals surface area contributed by atoms with Crippen LogP contribution in [0.25, 0.3) is 0 Å². The molecule has 14 heavy (non-hydrogen) atoms. The molecular formula is C11H23NOS. The van der Waals surface area contributed by atoms with Gasteiger partial charge >= 0.3 is 0 Å². The maximum Gasteiger partial charge on any atom is 0.0474 e. The third kappa shape index (κ3) is 4.20. The van der Waals surface area contributed by atoms with Crippen molar-refractivity contribution in [3.63, 3.8) is 0 Å². The number of thioether (sulfide) groups is 1. The van der Waals surface area contributed by atoms with Gasteiger partial charge in [-0.25, -0.2) is 0 Å². The maximum atomic E-state index is 9.22. The van der Waals surface area contributed by atoms with Gasteiger partial charge in [0, 0.05) is 12.6 Å². The van der Waals surface area contributed by atoms with Gasteiger partial charge in [0.25, 0.3) is 0 Å². The van der Waals surface area contributed by atoms with Crippen LogP contribution in [0.2, 0.25) is 0 Å². The van der Waals surface area contributed by atoms with Crippen LogP contribution in [0.3, 0.4) is 0 Å². The largest absolute Gasteiger partial charge is 0.396 e. The molecule has 2 nitrogen and oxygen atoms in total. The van der Waals surface area contributed by atoms with E-state index in [1.54, 1.807) is 0 Å². The SMILES string of the molecule is CSCCCNC1CCCCC1CO. The molecule has 2 unspecified atom stereocenters. The van der Waals surface area contributed by atoms with E-state index in [1.165, 1.54) is 37.9 Å². The summed E-state index contributed by atoms with van der Waals surface area (Å²) in [5.41, 5.74) is 0. The fourth-order valence-corrected chi connectivity index (χ4v) is 2.63. The number of nitrogens with one attached hydrogen (secondary N) is 1. The maximum absolute atomic E-state index is 9.22. The summed E-state index contributed by atoms with van der Waals surface area (Å²) in [6.07, 6.45) is 8.49. The summed E-state index contributed by atoms with van der Waals surface area (Å²) < 4.78 is 0. The van der Waals surface area contributed by atoms with Crippen molar-refractivity contribution in [1.82, 2.24) is 5.32 Å². The van der Waals surface area contributed by atoms with Crippen LogP contribution in [0.15, 0.2) is 0 Å². The fourth-order valence-electron chi connectivity index (χ4n) is 2.20. The van der Waals surface area contributed by atoms with Crippen molar-refractivity contribution in [2.24, 2.45) is 5.92 Å². The third-order valence-corrected chi connectivity index (χ3v) is 3.77. The van der Waals surface area contributed by atoms with E-state index in [1.807, 2.05) is 11.8 Å². The molecule has 84 valence electrons. The zero-order valence-electron chi connectivity index (χ0n) is 9.17. The van der Waals surface area contributed by atoms with Gasteiger partial charge in [-0.3, -0.25) is 0 Å². The normalized spacial score (nSPS) is 27.9. The van der Waals surface area contributed by atoms with E-state index in [4.69, 9.17) is 0 Å². The first-order valence-corrected chi connectivity index (χ1v) is 7.11. The molecule has 1 saturated carbocycles. The van der Waals surface area contributed by atoms with Crippen LogP contribution >= 0.6 is 11.8 Å². The highest BCUT2D eigenvalue weighted by molar-refractivity contribution is 7.98. The Balaban J connectivity index is 2.13. The molecule has 1 aliphatic carbocycles. The molecule has 3 heteroatoms. The minimum Gasteiger partial charge on any atom is -0.396 e. The first kappa shape index (κ1) is 12.3. The predicted octanol–water partition coefficient (Wildman–Crippen LogP) is 1.88. The number of hydrogen-bond acceptors (Lipinski definition) is 3. The quantitative estimate of drug-likeness (QED) is 0.666. The Bertz CT molecular complexity index is 143. The van der Waals surface area contributed by atoms with E-state index in [-0.39, 0.29) is 0 Å². The molecular weight excluding hydrogens is 194 g/mol. The van der Waals surface area contributed by atoms with Crippen molar-refractivity contribution in [2.75, 3.05) is 25.2 Å². The summed E-state index contributed by atoms with van der Waals surface area (Å²) in [6.45, 7) is 1.47. The van der Waals surface area contributed by atoms with Gasteiger partial charge < -0.3 is 10.4 Å². The van der Waals surface area contributed by atoms with Crippen LogP contribution in [0, 0.1) is 5.92 Å². The lowest BCUT2D eigenvalue weighted by molar-refractivity contribution is 0.153. The summed E-state index contributed by atoms with van der Waals surface area (Å²) >= 11 is 1.91. The highest BCUT2D eigenvalue weighted by atomic mass is 32.2. The molecule has 0 saturated heterocycles. The van der Waals surface area contributed by atoms with Crippen LogP contribution < -0.4 is 5.32 Å². The zero-order valence-corrected chi connectivity index (χ0v) is 9.98. The lowest BCUT2D eigenvalue weighted by Crippen LogP contribution is -2.40. The number of hydrogen-bond donors (Lipinski definition) is 2. The van der Waals surface area contributed by atoms with Crippen molar-refractivity contribution >= 4 is 11.8 Å². The van der Waals surface area contributed by atoms with E-state index in [0.29, 0.717) is 18.6 Å². The topological polar surface area (TPSA) is 32.3 Å². The number of aliphatic hydroxyl groups is 1. The average molecular weight is 217 g/mol. The van der Waals surface area contributed by atoms with Gasteiger partial charge in [-0.05, 0) is 43.7 Å². The average Bonchev–Trinajstić information content (AvgIpc) is 2.25. The smallest absolute Gasteiger partial charge is 0.0474 e. The molecule has 0 aromatic carbocycles. The summed E-state index contributed by atoms with van der Waals surface area (Å²) in [5, 5.41) is 12.8. The Morgan fingerprint density at radius 3 is 2.86 bits per heavy atom. The summed E-state index contributed by atoms with van der Waals surface area (Å²) in [4.78, 5) is 0. The van der Waals surface area contributed by atoms with Gasteiger partial charge in [-0.15, -0.1) is 0 Å². The van der Waals surface area contributed by atoms with Crippen molar-refractivity contribution < 1.29 is 5.11 Å². The van der Waals surface area contributed by atoms with Gasteiger partial charge in [0.1, 0.15) is 0 Å². The fraction of sp³-hybridized carbons (Fsp3) is 1.00. The standard InChI is InChI=1S/C11H23NOS/c1-14-8-4-7-12-11-6-3-2-5-10(11)9-13/h10-13H,2-9H2,1H3. The predicted molar refractivity (Wildman–Crippen MR) is 63.8 cm³/mol. The lowest BCUT2D eigenvalue weighted by atomic mass is 9.85. The number of rotatable bonds is 6. The van der Waals surface area contributed by atoms with Crippen LogP contribution in [-0.2, 0) is 0 Å². The summed E-state index contributed by atoms with van der Waals surface area (Å²) in [5.74, 6) is 1.75. The van der Waals surface area contributed by atoms with Crippen LogP contribution in [-0.4, -0.2) is 36.3 Å². The molecule has 2 N–H and O–H groups in total. The molecule has 0 aliphatic heterocycles.